The van der Waals surface area contributed by atoms with Gasteiger partial charge >= 0.3 is 0 Å². The molecule has 2 aromatic rings. The minimum Gasteiger partial charge on any atom is -0.492 e. The lowest BCUT2D eigenvalue weighted by Gasteiger charge is -2.08. The van der Waals surface area contributed by atoms with E-state index >= 15 is 0 Å². The fourth-order valence-electron chi connectivity index (χ4n) is 1.79. The van der Waals surface area contributed by atoms with Crippen LogP contribution in [0.5, 0.6) is 5.75 Å². The van der Waals surface area contributed by atoms with E-state index in [0.29, 0.717) is 5.56 Å². The molecule has 0 aliphatic rings. The summed E-state index contributed by atoms with van der Waals surface area (Å²) >= 11 is 0. The summed E-state index contributed by atoms with van der Waals surface area (Å²) in [5, 5.41) is 2.69. The number of hydrogen-bond acceptors (Lipinski definition) is 2. The number of aryl methyl sites for hydroxylation is 1. The lowest BCUT2D eigenvalue weighted by molar-refractivity contribution is 0.0947. The average Bonchev–Trinajstić information content (AvgIpc) is 2.47. The molecule has 0 unspecified atom stereocenters. The Kier molecular flexibility index (Phi) is 4.87. The number of amides is 1. The first-order chi connectivity index (χ1) is 10.1. The number of nitrogens with one attached hydrogen (secondary N) is 1. The molecular formula is C16H15F2NO2. The third-order valence-electron chi connectivity index (χ3n) is 2.83. The fraction of sp³-hybridized carbons (Fsp3) is 0.188. The summed E-state index contributed by atoms with van der Waals surface area (Å²) in [7, 11) is 0. The topological polar surface area (TPSA) is 38.3 Å². The molecule has 1 N–H and O–H groups in total. The van der Waals surface area contributed by atoms with Crippen molar-refractivity contribution in [2.45, 2.75) is 6.92 Å². The third-order valence-corrected chi connectivity index (χ3v) is 2.83. The normalized spacial score (nSPS) is 10.2. The molecule has 0 atom stereocenters. The van der Waals surface area contributed by atoms with Crippen LogP contribution in [0.25, 0.3) is 0 Å². The van der Waals surface area contributed by atoms with Crippen molar-refractivity contribution in [1.29, 1.82) is 0 Å². The molecule has 110 valence electrons. The van der Waals surface area contributed by atoms with Gasteiger partial charge in [0, 0.05) is 11.6 Å². The van der Waals surface area contributed by atoms with Crippen LogP contribution in [0.2, 0.25) is 0 Å². The summed E-state index contributed by atoms with van der Waals surface area (Å²) in [6, 6.07) is 10.5. The summed E-state index contributed by atoms with van der Waals surface area (Å²) in [6.07, 6.45) is 0. The number of halogens is 2. The average molecular weight is 291 g/mol. The Morgan fingerprint density at radius 1 is 1.14 bits per heavy atom. The molecule has 0 bridgehead atoms. The van der Waals surface area contributed by atoms with Gasteiger partial charge in [-0.3, -0.25) is 4.79 Å². The molecule has 0 fully saturated rings. The van der Waals surface area contributed by atoms with Gasteiger partial charge < -0.3 is 10.1 Å². The van der Waals surface area contributed by atoms with Crippen molar-refractivity contribution in [3.8, 4) is 5.75 Å². The maximum Gasteiger partial charge on any atom is 0.251 e. The highest BCUT2D eigenvalue weighted by Crippen LogP contribution is 2.15. The largest absolute Gasteiger partial charge is 0.492 e. The molecule has 2 aromatic carbocycles. The minimum atomic E-state index is -0.962. The first-order valence-electron chi connectivity index (χ1n) is 6.49. The summed E-state index contributed by atoms with van der Waals surface area (Å²) in [4.78, 5) is 11.8. The molecule has 2 rings (SSSR count). The highest BCUT2D eigenvalue weighted by atomic mass is 19.2. The molecule has 0 saturated carbocycles. The Morgan fingerprint density at radius 3 is 2.67 bits per heavy atom. The molecule has 1 amide bonds. The van der Waals surface area contributed by atoms with Crippen LogP contribution in [0.15, 0.2) is 42.5 Å². The number of carbonyl (C=O) groups excluding carboxylic acids is 1. The van der Waals surface area contributed by atoms with Crippen LogP contribution in [0, 0.1) is 18.6 Å². The Morgan fingerprint density at radius 2 is 1.95 bits per heavy atom. The van der Waals surface area contributed by atoms with Crippen LogP contribution in [-0.4, -0.2) is 19.1 Å². The standard InChI is InChI=1S/C16H15F2NO2/c1-11-3-2-4-12(9-11)16(20)19-7-8-21-13-5-6-14(17)15(18)10-13/h2-6,9-10H,7-8H2,1H3,(H,19,20). The predicted octanol–water partition coefficient (Wildman–Crippen LogP) is 3.08. The predicted molar refractivity (Wildman–Crippen MR) is 75.4 cm³/mol. The molecule has 0 radical (unpaired) electrons. The highest BCUT2D eigenvalue weighted by molar-refractivity contribution is 5.94. The van der Waals surface area contributed by atoms with Crippen molar-refractivity contribution >= 4 is 5.91 Å². The molecular weight excluding hydrogens is 276 g/mol. The number of rotatable bonds is 5. The van der Waals surface area contributed by atoms with Crippen molar-refractivity contribution in [2.75, 3.05) is 13.2 Å². The van der Waals surface area contributed by atoms with Crippen LogP contribution in [0.4, 0.5) is 8.78 Å². The summed E-state index contributed by atoms with van der Waals surface area (Å²) in [5.41, 5.74) is 1.57. The minimum absolute atomic E-state index is 0.169. The molecule has 0 saturated heterocycles. The summed E-state index contributed by atoms with van der Waals surface area (Å²) < 4.78 is 30.9. The molecule has 5 heteroatoms. The van der Waals surface area contributed by atoms with E-state index < -0.39 is 11.6 Å². The second kappa shape index (κ2) is 6.83. The van der Waals surface area contributed by atoms with Crippen LogP contribution in [0.3, 0.4) is 0 Å². The van der Waals surface area contributed by atoms with Gasteiger partial charge in [-0.05, 0) is 31.2 Å². The van der Waals surface area contributed by atoms with Gasteiger partial charge in [0.2, 0.25) is 0 Å². The van der Waals surface area contributed by atoms with Crippen molar-refractivity contribution in [3.63, 3.8) is 0 Å². The highest BCUT2D eigenvalue weighted by Gasteiger charge is 2.05. The van der Waals surface area contributed by atoms with Gasteiger partial charge in [-0.25, -0.2) is 8.78 Å². The first-order valence-corrected chi connectivity index (χ1v) is 6.49. The smallest absolute Gasteiger partial charge is 0.251 e. The Bertz CT molecular complexity index is 644. The van der Waals surface area contributed by atoms with Gasteiger partial charge in [0.1, 0.15) is 12.4 Å². The molecule has 0 heterocycles. The maximum absolute atomic E-state index is 13.0. The Balaban J connectivity index is 1.79. The van der Waals surface area contributed by atoms with E-state index in [0.717, 1.165) is 17.7 Å². The SMILES string of the molecule is Cc1cccc(C(=O)NCCOc2ccc(F)c(F)c2)c1. The van der Waals surface area contributed by atoms with E-state index in [1.54, 1.807) is 12.1 Å². The fourth-order valence-corrected chi connectivity index (χ4v) is 1.79. The summed E-state index contributed by atoms with van der Waals surface area (Å²) in [5.74, 6) is -1.86. The van der Waals surface area contributed by atoms with Crippen molar-refractivity contribution in [2.24, 2.45) is 0 Å². The van der Waals surface area contributed by atoms with Crippen LogP contribution < -0.4 is 10.1 Å². The molecule has 0 spiro atoms. The van der Waals surface area contributed by atoms with E-state index in [-0.39, 0.29) is 24.8 Å². The number of carbonyl (C=O) groups is 1. The second-order valence-electron chi connectivity index (χ2n) is 4.55. The van der Waals surface area contributed by atoms with Crippen molar-refractivity contribution < 1.29 is 18.3 Å². The van der Waals surface area contributed by atoms with E-state index in [9.17, 15) is 13.6 Å². The quantitative estimate of drug-likeness (QED) is 0.860. The lowest BCUT2D eigenvalue weighted by atomic mass is 10.1. The monoisotopic (exact) mass is 291 g/mol. The zero-order valence-corrected chi connectivity index (χ0v) is 11.5. The van der Waals surface area contributed by atoms with Crippen molar-refractivity contribution in [3.05, 3.63) is 65.2 Å². The van der Waals surface area contributed by atoms with Gasteiger partial charge in [-0.15, -0.1) is 0 Å². The van der Waals surface area contributed by atoms with Crippen LogP contribution in [-0.2, 0) is 0 Å². The van der Waals surface area contributed by atoms with Crippen LogP contribution >= 0.6 is 0 Å². The molecule has 0 aliphatic carbocycles. The third kappa shape index (κ3) is 4.27. The number of ether oxygens (including phenoxy) is 1. The Labute approximate surface area is 121 Å². The van der Waals surface area contributed by atoms with Gasteiger partial charge in [-0.2, -0.15) is 0 Å². The molecule has 0 aliphatic heterocycles. The van der Waals surface area contributed by atoms with Gasteiger partial charge in [0.25, 0.3) is 5.91 Å². The zero-order valence-electron chi connectivity index (χ0n) is 11.5. The number of benzene rings is 2. The van der Waals surface area contributed by atoms with Gasteiger partial charge in [0.05, 0.1) is 6.54 Å². The zero-order chi connectivity index (χ0) is 15.2. The maximum atomic E-state index is 13.0. The second-order valence-corrected chi connectivity index (χ2v) is 4.55. The lowest BCUT2D eigenvalue weighted by Crippen LogP contribution is -2.28. The van der Waals surface area contributed by atoms with Crippen molar-refractivity contribution in [1.82, 2.24) is 5.32 Å². The van der Waals surface area contributed by atoms with E-state index in [2.05, 4.69) is 5.32 Å². The van der Waals surface area contributed by atoms with Gasteiger partial charge in [-0.1, -0.05) is 17.7 Å². The summed E-state index contributed by atoms with van der Waals surface area (Å²) in [6.45, 7) is 2.34. The first kappa shape index (κ1) is 15.0. The van der Waals surface area contributed by atoms with Gasteiger partial charge in [0.15, 0.2) is 11.6 Å². The van der Waals surface area contributed by atoms with E-state index in [4.69, 9.17) is 4.74 Å². The number of hydrogen-bond donors (Lipinski definition) is 1. The molecule has 21 heavy (non-hydrogen) atoms. The molecule has 3 nitrogen and oxygen atoms in total. The van der Waals surface area contributed by atoms with E-state index in [1.807, 2.05) is 19.1 Å². The Hall–Kier alpha value is -2.43. The molecule has 0 aromatic heterocycles. The van der Waals surface area contributed by atoms with E-state index in [1.165, 1.54) is 6.07 Å². The van der Waals surface area contributed by atoms with Crippen LogP contribution in [0.1, 0.15) is 15.9 Å².